The van der Waals surface area contributed by atoms with Crippen LogP contribution in [0.15, 0.2) is 0 Å². The zero-order valence-electron chi connectivity index (χ0n) is 8.61. The Morgan fingerprint density at radius 2 is 0.909 bits per heavy atom. The molecule has 0 radical (unpaired) electrons. The van der Waals surface area contributed by atoms with Crippen LogP contribution in [-0.2, 0) is 0 Å². The molecule has 0 fully saturated rings. The first-order chi connectivity index (χ1) is 4.83. The van der Waals surface area contributed by atoms with Crippen molar-refractivity contribution < 1.29 is 4.11 Å². The molecule has 0 aromatic carbocycles. The fourth-order valence-electron chi connectivity index (χ4n) is 2.00. The largest absolute Gasteiger partial charge is 0.313 e. The molecule has 0 aliphatic heterocycles. The van der Waals surface area contributed by atoms with Gasteiger partial charge >= 0.3 is 0 Å². The van der Waals surface area contributed by atoms with Crippen molar-refractivity contribution in [3.8, 4) is 0 Å². The fraction of sp³-hybridized carbons (Fsp3) is 1.00. The van der Waals surface area contributed by atoms with Gasteiger partial charge in [0.05, 0.1) is 0 Å². The lowest BCUT2D eigenvalue weighted by atomic mass is 10.5. The molecule has 0 spiro atoms. The van der Waals surface area contributed by atoms with Gasteiger partial charge in [0.25, 0.3) is 8.41 Å². The number of hydrogen-bond acceptors (Lipinski definition) is 0. The summed E-state index contributed by atoms with van der Waals surface area (Å²) >= 11 is 0. The van der Waals surface area contributed by atoms with Crippen molar-refractivity contribution in [1.29, 1.82) is 0 Å². The Labute approximate surface area is 71.4 Å². The molecule has 0 amide bonds. The van der Waals surface area contributed by atoms with Gasteiger partial charge in [0.1, 0.15) is 0 Å². The third-order valence-corrected chi connectivity index (χ3v) is 7.96. The summed E-state index contributed by atoms with van der Waals surface area (Å²) in [6.45, 7) is 12.1. The van der Waals surface area contributed by atoms with E-state index in [1.807, 2.05) is 41.5 Å². The molecule has 0 aliphatic rings. The van der Waals surface area contributed by atoms with E-state index in [9.17, 15) is 4.11 Å². The van der Waals surface area contributed by atoms with Crippen molar-refractivity contribution in [3.63, 3.8) is 0 Å². The Morgan fingerprint density at radius 1 is 0.727 bits per heavy atom. The van der Waals surface area contributed by atoms with Crippen molar-refractivity contribution >= 4 is 8.41 Å². The molecule has 0 saturated heterocycles. The normalized spacial score (nSPS) is 13.6. The van der Waals surface area contributed by atoms with Gasteiger partial charge in [0, 0.05) is 0 Å². The van der Waals surface area contributed by atoms with Gasteiger partial charge in [-0.1, -0.05) is 41.5 Å². The van der Waals surface area contributed by atoms with Crippen molar-refractivity contribution in [2.24, 2.45) is 0 Å². The molecule has 0 atom stereocenters. The van der Waals surface area contributed by atoms with E-state index in [-0.39, 0.29) is 16.6 Å². The fourth-order valence-corrected chi connectivity index (χ4v) is 6.00. The molecule has 0 aliphatic carbocycles. The average molecular weight is 176 g/mol. The number of rotatable bonds is 3. The Morgan fingerprint density at radius 3 is 0.909 bits per heavy atom. The van der Waals surface area contributed by atoms with E-state index < -0.39 is 8.41 Å². The Balaban J connectivity index is 4.53. The van der Waals surface area contributed by atoms with Gasteiger partial charge in [-0.3, -0.25) is 0 Å². The summed E-state index contributed by atoms with van der Waals surface area (Å²) in [5, 5.41) is 0. The van der Waals surface area contributed by atoms with Crippen LogP contribution in [-0.4, -0.2) is 8.41 Å². The molecular formula is C9H21FSi. The maximum atomic E-state index is 14.3. The van der Waals surface area contributed by atoms with E-state index in [1.165, 1.54) is 0 Å². The van der Waals surface area contributed by atoms with Crippen LogP contribution >= 0.6 is 0 Å². The zero-order chi connectivity index (χ0) is 9.23. The van der Waals surface area contributed by atoms with Crippen LogP contribution in [0, 0.1) is 0 Å². The monoisotopic (exact) mass is 176 g/mol. The van der Waals surface area contributed by atoms with Crippen LogP contribution in [0.25, 0.3) is 0 Å². The van der Waals surface area contributed by atoms with E-state index in [0.717, 1.165) is 0 Å². The molecule has 0 bridgehead atoms. The summed E-state index contributed by atoms with van der Waals surface area (Å²) < 4.78 is 14.3. The van der Waals surface area contributed by atoms with Gasteiger partial charge in [-0.15, -0.1) is 0 Å². The lowest BCUT2D eigenvalue weighted by Crippen LogP contribution is -2.39. The summed E-state index contributed by atoms with van der Waals surface area (Å²) in [6, 6.07) is 0. The number of halogens is 1. The SMILES string of the molecule is CC(C)[Si](F)(C(C)C)C(C)C. The predicted octanol–water partition coefficient (Wildman–Crippen LogP) is 4.13. The highest BCUT2D eigenvalue weighted by atomic mass is 28.4. The molecule has 0 aromatic rings. The second-order valence-electron chi connectivity index (χ2n) is 4.29. The minimum atomic E-state index is -2.48. The molecule has 68 valence electrons. The summed E-state index contributed by atoms with van der Waals surface area (Å²) in [6.07, 6.45) is 0. The van der Waals surface area contributed by atoms with Gasteiger partial charge in [-0.25, -0.2) is 0 Å². The van der Waals surface area contributed by atoms with E-state index in [1.54, 1.807) is 0 Å². The highest BCUT2D eigenvalue weighted by Crippen LogP contribution is 2.42. The first kappa shape index (κ1) is 11.1. The summed E-state index contributed by atoms with van der Waals surface area (Å²) in [7, 11) is -2.48. The minimum absolute atomic E-state index is 0.252. The van der Waals surface area contributed by atoms with Crippen LogP contribution in [0.2, 0.25) is 16.6 Å². The smallest absolute Gasteiger partial charge is 0.254 e. The molecule has 0 heterocycles. The van der Waals surface area contributed by atoms with Crippen LogP contribution in [0.5, 0.6) is 0 Å². The van der Waals surface area contributed by atoms with Crippen LogP contribution in [0.3, 0.4) is 0 Å². The molecule has 0 nitrogen and oxygen atoms in total. The second-order valence-corrected chi connectivity index (χ2v) is 9.41. The van der Waals surface area contributed by atoms with Crippen molar-refractivity contribution in [3.05, 3.63) is 0 Å². The van der Waals surface area contributed by atoms with E-state index in [2.05, 4.69) is 0 Å². The Bertz CT molecular complexity index is 97.0. The highest BCUT2D eigenvalue weighted by molar-refractivity contribution is 6.77. The van der Waals surface area contributed by atoms with Crippen molar-refractivity contribution in [1.82, 2.24) is 0 Å². The van der Waals surface area contributed by atoms with Crippen molar-refractivity contribution in [2.75, 3.05) is 0 Å². The first-order valence-electron chi connectivity index (χ1n) is 4.52. The summed E-state index contributed by atoms with van der Waals surface area (Å²) in [5.74, 6) is 0. The van der Waals surface area contributed by atoms with Gasteiger partial charge in [0.15, 0.2) is 0 Å². The quantitative estimate of drug-likeness (QED) is 0.448. The Hall–Kier alpha value is 0.147. The van der Waals surface area contributed by atoms with Gasteiger partial charge in [-0.05, 0) is 16.6 Å². The zero-order valence-corrected chi connectivity index (χ0v) is 9.61. The van der Waals surface area contributed by atoms with Crippen LogP contribution in [0.4, 0.5) is 4.11 Å². The van der Waals surface area contributed by atoms with Crippen molar-refractivity contribution in [2.45, 2.75) is 58.2 Å². The topological polar surface area (TPSA) is 0 Å². The summed E-state index contributed by atoms with van der Waals surface area (Å²) in [5.41, 5.74) is 0.757. The molecule has 0 N–H and O–H groups in total. The predicted molar refractivity (Wildman–Crippen MR) is 52.2 cm³/mol. The third kappa shape index (κ3) is 2.05. The molecule has 2 heteroatoms. The minimum Gasteiger partial charge on any atom is -0.313 e. The lowest BCUT2D eigenvalue weighted by molar-refractivity contribution is 0.632. The van der Waals surface area contributed by atoms with Gasteiger partial charge in [0.2, 0.25) is 0 Å². The van der Waals surface area contributed by atoms with Crippen LogP contribution < -0.4 is 0 Å². The van der Waals surface area contributed by atoms with Crippen LogP contribution in [0.1, 0.15) is 41.5 Å². The maximum absolute atomic E-state index is 14.3. The van der Waals surface area contributed by atoms with E-state index in [0.29, 0.717) is 0 Å². The highest BCUT2D eigenvalue weighted by Gasteiger charge is 2.44. The molecular weight excluding hydrogens is 155 g/mol. The second kappa shape index (κ2) is 3.70. The number of hydrogen-bond donors (Lipinski definition) is 0. The molecule has 0 rings (SSSR count). The lowest BCUT2D eigenvalue weighted by Gasteiger charge is -2.33. The Kier molecular flexibility index (Phi) is 3.75. The van der Waals surface area contributed by atoms with Gasteiger partial charge < -0.3 is 4.11 Å². The molecule has 0 aromatic heterocycles. The average Bonchev–Trinajstić information content (AvgIpc) is 1.84. The summed E-state index contributed by atoms with van der Waals surface area (Å²) in [4.78, 5) is 0. The van der Waals surface area contributed by atoms with Gasteiger partial charge in [-0.2, -0.15) is 0 Å². The molecule has 11 heavy (non-hydrogen) atoms. The maximum Gasteiger partial charge on any atom is 0.254 e. The molecule has 0 saturated carbocycles. The standard InChI is InChI=1S/C9H21FSi/c1-7(2)11(10,8(3)4)9(5)6/h7-9H,1-6H3. The third-order valence-electron chi connectivity index (χ3n) is 2.65. The first-order valence-corrected chi connectivity index (χ1v) is 6.63. The van der Waals surface area contributed by atoms with E-state index in [4.69, 9.17) is 0 Å². The van der Waals surface area contributed by atoms with E-state index >= 15 is 0 Å². The molecule has 0 unspecified atom stereocenters.